The Labute approximate surface area is 102 Å². The predicted octanol–water partition coefficient (Wildman–Crippen LogP) is 0.575. The summed E-state index contributed by atoms with van der Waals surface area (Å²) in [6, 6.07) is 0. The molecule has 98 valence electrons. The third kappa shape index (κ3) is 3.70. The predicted molar refractivity (Wildman–Crippen MR) is 64.2 cm³/mol. The van der Waals surface area contributed by atoms with Gasteiger partial charge in [-0.15, -0.1) is 0 Å². The van der Waals surface area contributed by atoms with E-state index in [1.165, 1.54) is 7.11 Å². The van der Waals surface area contributed by atoms with Gasteiger partial charge in [0.25, 0.3) is 0 Å². The summed E-state index contributed by atoms with van der Waals surface area (Å²) in [5.41, 5.74) is 5.29. The van der Waals surface area contributed by atoms with E-state index in [1.807, 2.05) is 0 Å². The monoisotopic (exact) mass is 242 g/mol. The molecule has 5 nitrogen and oxygen atoms in total. The Balaban J connectivity index is 2.58. The van der Waals surface area contributed by atoms with Crippen LogP contribution in [0.3, 0.4) is 0 Å². The lowest BCUT2D eigenvalue weighted by Crippen LogP contribution is -2.47. The van der Waals surface area contributed by atoms with Crippen LogP contribution in [0.15, 0.2) is 0 Å². The molecule has 1 aliphatic carbocycles. The molecule has 1 amide bonds. The maximum Gasteiger partial charge on any atom is 0.325 e. The highest BCUT2D eigenvalue weighted by atomic mass is 16.5. The molecule has 0 radical (unpaired) electrons. The van der Waals surface area contributed by atoms with Gasteiger partial charge in [-0.25, -0.2) is 0 Å². The lowest BCUT2D eigenvalue weighted by Gasteiger charge is -2.29. The fourth-order valence-corrected chi connectivity index (χ4v) is 2.34. The zero-order valence-electron chi connectivity index (χ0n) is 10.5. The molecule has 0 unspecified atom stereocenters. The second kappa shape index (κ2) is 6.59. The fourth-order valence-electron chi connectivity index (χ4n) is 2.34. The average Bonchev–Trinajstić information content (AvgIpc) is 2.61. The minimum Gasteiger partial charge on any atom is -0.468 e. The number of hydrogen-bond acceptors (Lipinski definition) is 4. The summed E-state index contributed by atoms with van der Waals surface area (Å²) < 4.78 is 4.49. The Kier molecular flexibility index (Phi) is 5.41. The van der Waals surface area contributed by atoms with Crippen LogP contribution < -0.4 is 11.1 Å². The molecule has 1 rings (SSSR count). The lowest BCUT2D eigenvalue weighted by atomic mass is 9.79. The first kappa shape index (κ1) is 14.0. The molecule has 1 fully saturated rings. The summed E-state index contributed by atoms with van der Waals surface area (Å²) in [5, 5.41) is 2.63. The number of nitrogens with one attached hydrogen (secondary N) is 1. The molecule has 1 saturated carbocycles. The van der Waals surface area contributed by atoms with Crippen LogP contribution >= 0.6 is 0 Å². The second-order valence-electron chi connectivity index (χ2n) is 4.66. The van der Waals surface area contributed by atoms with E-state index in [0.29, 0.717) is 6.54 Å². The average molecular weight is 242 g/mol. The number of amides is 1. The van der Waals surface area contributed by atoms with Gasteiger partial charge in [-0.3, -0.25) is 9.59 Å². The fraction of sp³-hybridized carbons (Fsp3) is 0.833. The van der Waals surface area contributed by atoms with Crippen LogP contribution in [0.25, 0.3) is 0 Å². The Hall–Kier alpha value is -1.10. The van der Waals surface area contributed by atoms with Gasteiger partial charge in [0.15, 0.2) is 0 Å². The first-order valence-electron chi connectivity index (χ1n) is 6.20. The molecular weight excluding hydrogens is 220 g/mol. The van der Waals surface area contributed by atoms with Gasteiger partial charge in [-0.2, -0.15) is 0 Å². The smallest absolute Gasteiger partial charge is 0.325 e. The number of methoxy groups -OCH3 is 1. The van der Waals surface area contributed by atoms with Gasteiger partial charge in [0, 0.05) is 6.54 Å². The van der Waals surface area contributed by atoms with Crippen molar-refractivity contribution in [3.05, 3.63) is 0 Å². The van der Waals surface area contributed by atoms with E-state index in [-0.39, 0.29) is 12.5 Å². The molecule has 0 heterocycles. The van der Waals surface area contributed by atoms with Gasteiger partial charge < -0.3 is 15.8 Å². The Bertz CT molecular complexity index is 271. The van der Waals surface area contributed by atoms with E-state index in [0.717, 1.165) is 38.5 Å². The highest BCUT2D eigenvalue weighted by Crippen LogP contribution is 2.34. The van der Waals surface area contributed by atoms with Gasteiger partial charge in [0.2, 0.25) is 5.91 Å². The number of nitrogens with two attached hydrogens (primary N) is 1. The first-order chi connectivity index (χ1) is 8.14. The van der Waals surface area contributed by atoms with Crippen molar-refractivity contribution in [1.82, 2.24) is 5.32 Å². The van der Waals surface area contributed by atoms with E-state index in [1.54, 1.807) is 0 Å². The molecule has 0 aromatic rings. The molecule has 5 heteroatoms. The number of carbonyl (C=O) groups is 2. The van der Waals surface area contributed by atoms with Crippen molar-refractivity contribution in [1.29, 1.82) is 0 Å². The number of esters is 1. The highest BCUT2D eigenvalue weighted by Gasteiger charge is 2.37. The van der Waals surface area contributed by atoms with Crippen LogP contribution in [-0.4, -0.2) is 32.1 Å². The van der Waals surface area contributed by atoms with Crippen molar-refractivity contribution in [3.8, 4) is 0 Å². The molecule has 0 saturated heterocycles. The van der Waals surface area contributed by atoms with Crippen molar-refractivity contribution in [2.45, 2.75) is 38.5 Å². The first-order valence-corrected chi connectivity index (χ1v) is 6.20. The molecule has 0 spiro atoms. The molecule has 17 heavy (non-hydrogen) atoms. The third-order valence-corrected chi connectivity index (χ3v) is 3.55. The quantitative estimate of drug-likeness (QED) is 0.558. The molecule has 0 atom stereocenters. The summed E-state index contributed by atoms with van der Waals surface area (Å²) >= 11 is 0. The van der Waals surface area contributed by atoms with Gasteiger partial charge >= 0.3 is 5.97 Å². The van der Waals surface area contributed by atoms with Gasteiger partial charge in [0.05, 0.1) is 12.5 Å². The molecule has 0 bridgehead atoms. The summed E-state index contributed by atoms with van der Waals surface area (Å²) in [6.45, 7) is 0.275. The van der Waals surface area contributed by atoms with Crippen LogP contribution in [0.2, 0.25) is 0 Å². The number of hydrogen-bond donors (Lipinski definition) is 2. The van der Waals surface area contributed by atoms with E-state index < -0.39 is 11.4 Å². The van der Waals surface area contributed by atoms with Crippen LogP contribution in [-0.2, 0) is 14.3 Å². The van der Waals surface area contributed by atoms with Crippen molar-refractivity contribution in [3.63, 3.8) is 0 Å². The van der Waals surface area contributed by atoms with Crippen molar-refractivity contribution in [2.24, 2.45) is 11.1 Å². The summed E-state index contributed by atoms with van der Waals surface area (Å²) in [6.07, 6.45) is 6.01. The molecule has 0 aromatic heterocycles. The van der Waals surface area contributed by atoms with E-state index in [9.17, 15) is 9.59 Å². The van der Waals surface area contributed by atoms with E-state index in [4.69, 9.17) is 5.73 Å². The molecule has 3 N–H and O–H groups in total. The zero-order chi connectivity index (χ0) is 12.7. The summed E-state index contributed by atoms with van der Waals surface area (Å²) in [4.78, 5) is 23.1. The van der Waals surface area contributed by atoms with Crippen molar-refractivity contribution < 1.29 is 14.3 Å². The molecular formula is C12H22N2O3. The zero-order valence-corrected chi connectivity index (χ0v) is 10.5. The molecule has 0 aromatic carbocycles. The van der Waals surface area contributed by atoms with Crippen LogP contribution in [0, 0.1) is 5.41 Å². The Morgan fingerprint density at radius 3 is 2.29 bits per heavy atom. The topological polar surface area (TPSA) is 81.4 Å². The van der Waals surface area contributed by atoms with Gasteiger partial charge in [-0.1, -0.05) is 25.7 Å². The minimum absolute atomic E-state index is 0.0723. The van der Waals surface area contributed by atoms with Crippen LogP contribution in [0.5, 0.6) is 0 Å². The minimum atomic E-state index is -0.482. The van der Waals surface area contributed by atoms with Crippen molar-refractivity contribution >= 4 is 11.9 Å². The SMILES string of the molecule is COC(=O)CNC(=O)C1(CN)CCCCCC1. The highest BCUT2D eigenvalue weighted by molar-refractivity contribution is 5.86. The van der Waals surface area contributed by atoms with Crippen LogP contribution in [0.4, 0.5) is 0 Å². The second-order valence-corrected chi connectivity index (χ2v) is 4.66. The van der Waals surface area contributed by atoms with Gasteiger partial charge in [0.1, 0.15) is 6.54 Å². The molecule has 0 aliphatic heterocycles. The Morgan fingerprint density at radius 2 is 1.82 bits per heavy atom. The maximum absolute atomic E-state index is 12.1. The van der Waals surface area contributed by atoms with E-state index >= 15 is 0 Å². The standard InChI is InChI=1S/C12H22N2O3/c1-17-10(15)8-14-11(16)12(9-13)6-4-2-3-5-7-12/h2-9,13H2,1H3,(H,14,16). The molecule has 1 aliphatic rings. The number of ether oxygens (including phenoxy) is 1. The maximum atomic E-state index is 12.1. The summed E-state index contributed by atoms with van der Waals surface area (Å²) in [7, 11) is 1.30. The van der Waals surface area contributed by atoms with Crippen LogP contribution in [0.1, 0.15) is 38.5 Å². The normalized spacial score (nSPS) is 19.2. The van der Waals surface area contributed by atoms with Gasteiger partial charge in [-0.05, 0) is 12.8 Å². The Morgan fingerprint density at radius 1 is 1.24 bits per heavy atom. The summed E-state index contributed by atoms with van der Waals surface area (Å²) in [5.74, 6) is -0.536. The lowest BCUT2D eigenvalue weighted by molar-refractivity contribution is -0.142. The number of rotatable bonds is 4. The number of carbonyl (C=O) groups excluding carboxylic acids is 2. The largest absolute Gasteiger partial charge is 0.468 e. The van der Waals surface area contributed by atoms with Crippen molar-refractivity contribution in [2.75, 3.05) is 20.2 Å². The van der Waals surface area contributed by atoms with E-state index in [2.05, 4.69) is 10.1 Å². The third-order valence-electron chi connectivity index (χ3n) is 3.55.